The van der Waals surface area contributed by atoms with Gasteiger partial charge in [0.05, 0.1) is 6.61 Å². The largest absolute Gasteiger partial charge is 0.490 e. The minimum atomic E-state index is -0.199. The fourth-order valence-corrected chi connectivity index (χ4v) is 7.02. The highest BCUT2D eigenvalue weighted by Gasteiger charge is 2.47. The van der Waals surface area contributed by atoms with Crippen LogP contribution in [0.15, 0.2) is 40.9 Å². The SMILES string of the molecule is CCOc1cc(CNC2C3CC4CC(C3)CC2C4)c(Br)cc1OCC(=O)Nc1ccc(C)cc1. The van der Waals surface area contributed by atoms with Gasteiger partial charge in [0.2, 0.25) is 0 Å². The van der Waals surface area contributed by atoms with Crippen LogP contribution in [0, 0.1) is 30.6 Å². The zero-order valence-corrected chi connectivity index (χ0v) is 21.7. The predicted octanol–water partition coefficient (Wildman–Crippen LogP) is 6.09. The Hall–Kier alpha value is -2.05. The van der Waals surface area contributed by atoms with Gasteiger partial charge in [-0.15, -0.1) is 0 Å². The van der Waals surface area contributed by atoms with E-state index < -0.39 is 0 Å². The standard InChI is InChI=1S/C28H35BrN2O3/c1-3-33-25-13-22(15-30-28-20-9-18-8-19(11-20)12-21(28)10-18)24(29)14-26(25)34-16-27(32)31-23-6-4-17(2)5-7-23/h4-7,13-14,18-21,28,30H,3,8-12,15-16H2,1-2H3,(H,31,32). The van der Waals surface area contributed by atoms with E-state index in [2.05, 4.69) is 26.6 Å². The first kappa shape index (κ1) is 23.7. The summed E-state index contributed by atoms with van der Waals surface area (Å²) in [7, 11) is 0. The van der Waals surface area contributed by atoms with Gasteiger partial charge >= 0.3 is 0 Å². The zero-order chi connectivity index (χ0) is 23.7. The van der Waals surface area contributed by atoms with E-state index in [0.29, 0.717) is 24.1 Å². The molecule has 4 fully saturated rings. The number of hydrogen-bond donors (Lipinski definition) is 2. The maximum atomic E-state index is 12.4. The van der Waals surface area contributed by atoms with Gasteiger partial charge in [0.15, 0.2) is 18.1 Å². The van der Waals surface area contributed by atoms with Crippen molar-refractivity contribution in [2.45, 2.75) is 58.5 Å². The molecular weight excluding hydrogens is 492 g/mol. The summed E-state index contributed by atoms with van der Waals surface area (Å²) in [5.74, 6) is 4.71. The Morgan fingerprint density at radius 3 is 2.26 bits per heavy atom. The van der Waals surface area contributed by atoms with Gasteiger partial charge in [0.25, 0.3) is 5.91 Å². The Kier molecular flexibility index (Phi) is 7.16. The highest BCUT2D eigenvalue weighted by Crippen LogP contribution is 2.53. The molecule has 182 valence electrons. The summed E-state index contributed by atoms with van der Waals surface area (Å²) >= 11 is 3.73. The molecule has 0 aromatic heterocycles. The molecule has 0 spiro atoms. The van der Waals surface area contributed by atoms with Crippen molar-refractivity contribution in [2.75, 3.05) is 18.5 Å². The van der Waals surface area contributed by atoms with Gasteiger partial charge in [0, 0.05) is 22.7 Å². The Bertz CT molecular complexity index is 995. The van der Waals surface area contributed by atoms with Crippen LogP contribution in [0.4, 0.5) is 5.69 Å². The second kappa shape index (κ2) is 10.3. The van der Waals surface area contributed by atoms with Gasteiger partial charge in [-0.1, -0.05) is 33.6 Å². The highest BCUT2D eigenvalue weighted by atomic mass is 79.9. The summed E-state index contributed by atoms with van der Waals surface area (Å²) in [4.78, 5) is 12.4. The topological polar surface area (TPSA) is 59.6 Å². The number of benzene rings is 2. The van der Waals surface area contributed by atoms with Crippen molar-refractivity contribution in [3.63, 3.8) is 0 Å². The molecule has 0 unspecified atom stereocenters. The van der Waals surface area contributed by atoms with Crippen molar-refractivity contribution >= 4 is 27.5 Å². The number of carbonyl (C=O) groups is 1. The number of halogens is 1. The number of ether oxygens (including phenoxy) is 2. The van der Waals surface area contributed by atoms with E-state index >= 15 is 0 Å². The molecule has 0 saturated heterocycles. The van der Waals surface area contributed by atoms with Crippen LogP contribution in [0.2, 0.25) is 0 Å². The van der Waals surface area contributed by atoms with Gasteiger partial charge in [-0.05, 0) is 99.5 Å². The van der Waals surface area contributed by atoms with Crippen molar-refractivity contribution < 1.29 is 14.3 Å². The van der Waals surface area contributed by atoms with Gasteiger partial charge in [0.1, 0.15) is 0 Å². The zero-order valence-electron chi connectivity index (χ0n) is 20.1. The Morgan fingerprint density at radius 2 is 1.62 bits per heavy atom. The normalized spacial score (nSPS) is 27.0. The first-order valence-electron chi connectivity index (χ1n) is 12.7. The van der Waals surface area contributed by atoms with Crippen LogP contribution in [0.1, 0.15) is 50.2 Å². The van der Waals surface area contributed by atoms with Crippen LogP contribution in [0.5, 0.6) is 11.5 Å². The van der Waals surface area contributed by atoms with E-state index in [0.717, 1.165) is 51.5 Å². The molecule has 2 aromatic carbocycles. The first-order chi connectivity index (χ1) is 16.5. The minimum Gasteiger partial charge on any atom is -0.490 e. The second-order valence-electron chi connectivity index (χ2n) is 10.4. The third kappa shape index (κ3) is 5.28. The molecule has 4 aliphatic rings. The molecule has 6 heteroatoms. The fraction of sp³-hybridized carbons (Fsp3) is 0.536. The van der Waals surface area contributed by atoms with Crippen molar-refractivity contribution in [1.29, 1.82) is 0 Å². The summed E-state index contributed by atoms with van der Waals surface area (Å²) in [6, 6.07) is 12.3. The molecule has 4 bridgehead atoms. The molecule has 0 atom stereocenters. The lowest BCUT2D eigenvalue weighted by Gasteiger charge is -2.54. The lowest BCUT2D eigenvalue weighted by atomic mass is 9.54. The molecule has 0 radical (unpaired) electrons. The highest BCUT2D eigenvalue weighted by molar-refractivity contribution is 9.10. The van der Waals surface area contributed by atoms with Crippen LogP contribution in [0.3, 0.4) is 0 Å². The van der Waals surface area contributed by atoms with Gasteiger partial charge < -0.3 is 20.1 Å². The monoisotopic (exact) mass is 526 g/mol. The summed E-state index contributed by atoms with van der Waals surface area (Å²) < 4.78 is 12.7. The van der Waals surface area contributed by atoms with Crippen LogP contribution in [-0.2, 0) is 11.3 Å². The van der Waals surface area contributed by atoms with E-state index in [1.54, 1.807) is 0 Å². The number of nitrogens with one attached hydrogen (secondary N) is 2. The van der Waals surface area contributed by atoms with E-state index in [-0.39, 0.29) is 12.5 Å². The van der Waals surface area contributed by atoms with E-state index in [1.807, 2.05) is 50.2 Å². The quantitative estimate of drug-likeness (QED) is 0.415. The predicted molar refractivity (Wildman–Crippen MR) is 138 cm³/mol. The van der Waals surface area contributed by atoms with Crippen molar-refractivity contribution in [3.8, 4) is 11.5 Å². The molecule has 4 aliphatic carbocycles. The van der Waals surface area contributed by atoms with E-state index in [4.69, 9.17) is 9.47 Å². The molecule has 1 amide bonds. The average molecular weight is 528 g/mol. The first-order valence-corrected chi connectivity index (χ1v) is 13.5. The van der Waals surface area contributed by atoms with Crippen LogP contribution >= 0.6 is 15.9 Å². The number of carbonyl (C=O) groups excluding carboxylic acids is 1. The molecule has 0 heterocycles. The van der Waals surface area contributed by atoms with E-state index in [1.165, 1.54) is 32.1 Å². The van der Waals surface area contributed by atoms with Gasteiger partial charge in [-0.2, -0.15) is 0 Å². The number of rotatable bonds is 9. The Balaban J connectivity index is 1.21. The number of anilines is 1. The second-order valence-corrected chi connectivity index (χ2v) is 11.2. The number of aryl methyl sites for hydroxylation is 1. The summed E-state index contributed by atoms with van der Waals surface area (Å²) in [5, 5.41) is 6.77. The molecule has 34 heavy (non-hydrogen) atoms. The maximum absolute atomic E-state index is 12.4. The smallest absolute Gasteiger partial charge is 0.262 e. The van der Waals surface area contributed by atoms with Gasteiger partial charge in [-0.25, -0.2) is 0 Å². The van der Waals surface area contributed by atoms with Crippen LogP contribution < -0.4 is 20.1 Å². The minimum absolute atomic E-state index is 0.0776. The average Bonchev–Trinajstić information content (AvgIpc) is 2.80. The van der Waals surface area contributed by atoms with Crippen LogP contribution in [-0.4, -0.2) is 25.2 Å². The summed E-state index contributed by atoms with van der Waals surface area (Å²) in [6.45, 7) is 5.25. The van der Waals surface area contributed by atoms with E-state index in [9.17, 15) is 4.79 Å². The van der Waals surface area contributed by atoms with Crippen molar-refractivity contribution in [1.82, 2.24) is 5.32 Å². The summed E-state index contributed by atoms with van der Waals surface area (Å²) in [5.41, 5.74) is 3.07. The molecular formula is C28H35BrN2O3. The third-order valence-corrected chi connectivity index (χ3v) is 8.60. The lowest BCUT2D eigenvalue weighted by molar-refractivity contribution is -0.118. The molecule has 2 N–H and O–H groups in total. The fourth-order valence-electron chi connectivity index (χ4n) is 6.56. The number of amides is 1. The molecule has 5 nitrogen and oxygen atoms in total. The third-order valence-electron chi connectivity index (χ3n) is 7.86. The molecule has 6 rings (SSSR count). The Labute approximate surface area is 211 Å². The lowest BCUT2D eigenvalue weighted by Crippen LogP contribution is -2.54. The molecule has 2 aromatic rings. The van der Waals surface area contributed by atoms with Crippen LogP contribution in [0.25, 0.3) is 0 Å². The molecule has 4 saturated carbocycles. The molecule has 0 aliphatic heterocycles. The van der Waals surface area contributed by atoms with Gasteiger partial charge in [-0.3, -0.25) is 4.79 Å². The van der Waals surface area contributed by atoms with Crippen molar-refractivity contribution in [2.24, 2.45) is 23.7 Å². The number of hydrogen-bond acceptors (Lipinski definition) is 4. The van der Waals surface area contributed by atoms with Crippen molar-refractivity contribution in [3.05, 3.63) is 52.0 Å². The summed E-state index contributed by atoms with van der Waals surface area (Å²) in [6.07, 6.45) is 7.12. The Morgan fingerprint density at radius 1 is 0.971 bits per heavy atom. The maximum Gasteiger partial charge on any atom is 0.262 e.